The number of benzene rings is 2. The number of rotatable bonds is 8. The average Bonchev–Trinajstić information content (AvgIpc) is 2.75. The van der Waals surface area contributed by atoms with Gasteiger partial charge in [0.25, 0.3) is 16.8 Å². The number of hydrogen-bond donors (Lipinski definition) is 3. The van der Waals surface area contributed by atoms with Crippen molar-refractivity contribution in [1.82, 2.24) is 9.80 Å². The summed E-state index contributed by atoms with van der Waals surface area (Å²) in [6.45, 7) is 1.17. The Kier molecular flexibility index (Phi) is 6.17. The summed E-state index contributed by atoms with van der Waals surface area (Å²) in [6.07, 6.45) is 0. The average molecular weight is 408 g/mol. The highest BCUT2D eigenvalue weighted by Crippen LogP contribution is 2.32. The second-order valence-electron chi connectivity index (χ2n) is 7.26. The number of aromatic hydroxyl groups is 1. The first-order chi connectivity index (χ1) is 14.3. The van der Waals surface area contributed by atoms with Gasteiger partial charge in [0.1, 0.15) is 11.4 Å². The Labute approximate surface area is 174 Å². The molecule has 0 atom stereocenters. The number of likely N-dealkylation sites (N-methyl/N-ethyl adjacent to an activating group) is 2. The lowest BCUT2D eigenvalue weighted by atomic mass is 10.1. The van der Waals surface area contributed by atoms with Crippen LogP contribution in [0.1, 0.15) is 10.4 Å². The lowest BCUT2D eigenvalue weighted by Crippen LogP contribution is -2.36. The summed E-state index contributed by atoms with van der Waals surface area (Å²) < 4.78 is 0. The molecule has 0 bridgehead atoms. The van der Waals surface area contributed by atoms with Crippen LogP contribution in [0.4, 0.5) is 22.7 Å². The number of nitrogens with one attached hydrogen (secondary N) is 2. The Morgan fingerprint density at radius 3 is 2.13 bits per heavy atom. The normalized spacial score (nSPS) is 10.9. The summed E-state index contributed by atoms with van der Waals surface area (Å²) in [4.78, 5) is 40.2. The van der Waals surface area contributed by atoms with Crippen LogP contribution in [0.3, 0.4) is 0 Å². The summed E-state index contributed by atoms with van der Waals surface area (Å²) >= 11 is 0. The van der Waals surface area contributed by atoms with Crippen LogP contribution in [0.5, 0.6) is 5.75 Å². The largest absolute Gasteiger partial charge is 0.505 e. The molecule has 3 aromatic carbocycles. The second-order valence-corrected chi connectivity index (χ2v) is 7.26. The van der Waals surface area contributed by atoms with Crippen LogP contribution in [-0.2, 0) is 0 Å². The van der Waals surface area contributed by atoms with Gasteiger partial charge in [0.2, 0.25) is 0 Å². The van der Waals surface area contributed by atoms with E-state index in [-0.39, 0.29) is 34.3 Å². The number of para-hydroxylation sites is 2. The van der Waals surface area contributed by atoms with E-state index in [2.05, 4.69) is 10.6 Å². The SMILES string of the molecule is CN(C)CCN(C)C(=O)c1cccc(Nc2c(Nc3ccccc3)c(=O)c2=O)c1O. The molecule has 0 heterocycles. The van der Waals surface area contributed by atoms with E-state index in [4.69, 9.17) is 0 Å². The van der Waals surface area contributed by atoms with Gasteiger partial charge in [-0.15, -0.1) is 0 Å². The highest BCUT2D eigenvalue weighted by Gasteiger charge is 2.24. The first kappa shape index (κ1) is 21.1. The van der Waals surface area contributed by atoms with Crippen LogP contribution >= 0.6 is 0 Å². The highest BCUT2D eigenvalue weighted by molar-refractivity contribution is 5.99. The number of nitrogens with zero attached hydrogens (tertiary/aromatic N) is 2. The van der Waals surface area contributed by atoms with Crippen molar-refractivity contribution in [1.29, 1.82) is 0 Å². The van der Waals surface area contributed by atoms with Gasteiger partial charge in [-0.3, -0.25) is 14.4 Å². The van der Waals surface area contributed by atoms with E-state index in [0.717, 1.165) is 0 Å². The zero-order chi connectivity index (χ0) is 21.8. The highest BCUT2D eigenvalue weighted by atomic mass is 16.3. The van der Waals surface area contributed by atoms with Gasteiger partial charge in [-0.05, 0) is 38.4 Å². The molecule has 0 aliphatic carbocycles. The topological polar surface area (TPSA) is 102 Å². The number of carbonyl (C=O) groups is 1. The fraction of sp³-hybridized carbons (Fsp3) is 0.227. The van der Waals surface area contributed by atoms with E-state index in [1.165, 1.54) is 17.0 Å². The van der Waals surface area contributed by atoms with E-state index in [1.54, 1.807) is 37.4 Å². The predicted octanol–water partition coefficient (Wildman–Crippen LogP) is 2.11. The van der Waals surface area contributed by atoms with Crippen molar-refractivity contribution in [3.63, 3.8) is 0 Å². The number of phenolic OH excluding ortho intramolecular Hbond substituents is 1. The molecule has 156 valence electrons. The Bertz CT molecular complexity index is 1120. The van der Waals surface area contributed by atoms with Crippen molar-refractivity contribution in [2.24, 2.45) is 0 Å². The third-order valence-electron chi connectivity index (χ3n) is 4.71. The van der Waals surface area contributed by atoms with E-state index in [9.17, 15) is 19.5 Å². The fourth-order valence-electron chi connectivity index (χ4n) is 2.90. The predicted molar refractivity (Wildman–Crippen MR) is 118 cm³/mol. The summed E-state index contributed by atoms with van der Waals surface area (Å²) in [7, 11) is 5.47. The molecule has 3 aromatic rings. The van der Waals surface area contributed by atoms with Gasteiger partial charge in [0.05, 0.1) is 11.3 Å². The number of carbonyl (C=O) groups excluding carboxylic acids is 1. The smallest absolute Gasteiger partial charge is 0.257 e. The van der Waals surface area contributed by atoms with Crippen LogP contribution < -0.4 is 21.5 Å². The molecule has 0 fully saturated rings. The van der Waals surface area contributed by atoms with Gasteiger partial charge < -0.3 is 25.5 Å². The van der Waals surface area contributed by atoms with Crippen LogP contribution in [0, 0.1) is 0 Å². The minimum absolute atomic E-state index is 0.0460. The molecule has 0 saturated carbocycles. The molecule has 3 rings (SSSR count). The summed E-state index contributed by atoms with van der Waals surface area (Å²) in [5, 5.41) is 16.3. The fourth-order valence-corrected chi connectivity index (χ4v) is 2.90. The van der Waals surface area contributed by atoms with Gasteiger partial charge in [-0.25, -0.2) is 0 Å². The molecule has 0 aliphatic heterocycles. The number of anilines is 4. The quantitative estimate of drug-likeness (QED) is 0.388. The molecule has 1 amide bonds. The summed E-state index contributed by atoms with van der Waals surface area (Å²) in [6, 6.07) is 13.6. The number of phenols is 1. The number of amides is 1. The molecule has 3 N–H and O–H groups in total. The monoisotopic (exact) mass is 408 g/mol. The third kappa shape index (κ3) is 4.33. The molecule has 0 unspecified atom stereocenters. The van der Waals surface area contributed by atoms with Crippen molar-refractivity contribution < 1.29 is 9.90 Å². The Hall–Kier alpha value is -3.65. The molecule has 8 nitrogen and oxygen atoms in total. The maximum absolute atomic E-state index is 12.7. The summed E-state index contributed by atoms with van der Waals surface area (Å²) in [5.74, 6) is -0.622. The number of hydrogen-bond acceptors (Lipinski definition) is 7. The minimum atomic E-state index is -0.687. The Morgan fingerprint density at radius 2 is 1.50 bits per heavy atom. The lowest BCUT2D eigenvalue weighted by molar-refractivity contribution is 0.0783. The first-order valence-electron chi connectivity index (χ1n) is 9.44. The minimum Gasteiger partial charge on any atom is -0.505 e. The third-order valence-corrected chi connectivity index (χ3v) is 4.71. The van der Waals surface area contributed by atoms with Crippen molar-refractivity contribution in [3.8, 4) is 5.75 Å². The zero-order valence-corrected chi connectivity index (χ0v) is 17.1. The van der Waals surface area contributed by atoms with Crippen molar-refractivity contribution in [2.75, 3.05) is 44.9 Å². The lowest BCUT2D eigenvalue weighted by Gasteiger charge is -2.21. The van der Waals surface area contributed by atoms with Crippen LogP contribution in [0.25, 0.3) is 0 Å². The molecule has 8 heteroatoms. The zero-order valence-electron chi connectivity index (χ0n) is 17.1. The molecule has 0 radical (unpaired) electrons. The molecule has 0 spiro atoms. The van der Waals surface area contributed by atoms with Gasteiger partial charge in [-0.2, -0.15) is 0 Å². The maximum atomic E-state index is 12.7. The van der Waals surface area contributed by atoms with Crippen molar-refractivity contribution in [2.45, 2.75) is 0 Å². The Morgan fingerprint density at radius 1 is 0.867 bits per heavy atom. The first-order valence-corrected chi connectivity index (χ1v) is 9.44. The molecule has 0 aliphatic rings. The van der Waals surface area contributed by atoms with E-state index in [0.29, 0.717) is 18.8 Å². The molecule has 0 aromatic heterocycles. The van der Waals surface area contributed by atoms with E-state index in [1.807, 2.05) is 25.1 Å². The Balaban J connectivity index is 1.83. The van der Waals surface area contributed by atoms with Gasteiger partial charge in [-0.1, -0.05) is 24.3 Å². The van der Waals surface area contributed by atoms with Crippen molar-refractivity contribution in [3.05, 3.63) is 74.5 Å². The second kappa shape index (κ2) is 8.79. The standard InChI is InChI=1S/C22H24N4O4/c1-25(2)12-13-26(3)22(30)15-10-7-11-16(19(15)27)24-18-17(20(28)21(18)29)23-14-8-5-4-6-9-14/h4-11,23-24,27H,12-13H2,1-3H3. The van der Waals surface area contributed by atoms with E-state index < -0.39 is 10.9 Å². The van der Waals surface area contributed by atoms with Crippen LogP contribution in [0.2, 0.25) is 0 Å². The molecular formula is C22H24N4O4. The molecular weight excluding hydrogens is 384 g/mol. The molecule has 0 saturated heterocycles. The van der Waals surface area contributed by atoms with E-state index >= 15 is 0 Å². The maximum Gasteiger partial charge on any atom is 0.257 e. The van der Waals surface area contributed by atoms with Gasteiger partial charge in [0, 0.05) is 25.8 Å². The summed E-state index contributed by atoms with van der Waals surface area (Å²) in [5.41, 5.74) is -0.231. The van der Waals surface area contributed by atoms with Crippen LogP contribution in [-0.4, -0.2) is 55.0 Å². The van der Waals surface area contributed by atoms with Gasteiger partial charge >= 0.3 is 0 Å². The van der Waals surface area contributed by atoms with Crippen molar-refractivity contribution >= 4 is 28.7 Å². The molecule has 30 heavy (non-hydrogen) atoms. The van der Waals surface area contributed by atoms with Gasteiger partial charge in [0.15, 0.2) is 5.75 Å². The van der Waals surface area contributed by atoms with Crippen LogP contribution in [0.15, 0.2) is 58.1 Å².